The van der Waals surface area contributed by atoms with Crippen molar-refractivity contribution in [1.29, 1.82) is 0 Å². The molecular weight excluding hydrogens is 322 g/mol. The van der Waals surface area contributed by atoms with Crippen LogP contribution in [0.2, 0.25) is 0 Å². The highest BCUT2D eigenvalue weighted by atomic mass is 32.2. The SMILES string of the molecule is COC(=O)CCNC(=O)c1c(C)nn(C2CCS(=O)(=O)C2)c1C. The minimum Gasteiger partial charge on any atom is -0.469 e. The topological polar surface area (TPSA) is 107 Å². The normalized spacial score (nSPS) is 19.5. The van der Waals surface area contributed by atoms with Crippen LogP contribution < -0.4 is 5.32 Å². The van der Waals surface area contributed by atoms with Crippen molar-refractivity contribution < 1.29 is 22.7 Å². The third-order valence-corrected chi connectivity index (χ3v) is 5.70. The van der Waals surface area contributed by atoms with E-state index >= 15 is 0 Å². The van der Waals surface area contributed by atoms with Crippen molar-refractivity contribution in [1.82, 2.24) is 15.1 Å². The van der Waals surface area contributed by atoms with Gasteiger partial charge >= 0.3 is 5.97 Å². The van der Waals surface area contributed by atoms with Crippen molar-refractivity contribution in [3.63, 3.8) is 0 Å². The fraction of sp³-hybridized carbons (Fsp3) is 0.643. The molecule has 128 valence electrons. The van der Waals surface area contributed by atoms with E-state index in [4.69, 9.17) is 0 Å². The lowest BCUT2D eigenvalue weighted by atomic mass is 10.1. The number of rotatable bonds is 5. The van der Waals surface area contributed by atoms with Crippen LogP contribution in [0.15, 0.2) is 0 Å². The highest BCUT2D eigenvalue weighted by Crippen LogP contribution is 2.26. The fourth-order valence-corrected chi connectivity index (χ4v) is 4.48. The van der Waals surface area contributed by atoms with Gasteiger partial charge in [0.2, 0.25) is 0 Å². The van der Waals surface area contributed by atoms with Crippen molar-refractivity contribution in [2.45, 2.75) is 32.7 Å². The first kappa shape index (κ1) is 17.5. The van der Waals surface area contributed by atoms with Crippen LogP contribution in [-0.4, -0.2) is 55.2 Å². The number of esters is 1. The van der Waals surface area contributed by atoms with Crippen LogP contribution >= 0.6 is 0 Å². The number of hydrogen-bond donors (Lipinski definition) is 1. The van der Waals surface area contributed by atoms with E-state index in [1.54, 1.807) is 18.5 Å². The molecule has 1 N–H and O–H groups in total. The number of ether oxygens (including phenoxy) is 1. The molecule has 0 spiro atoms. The van der Waals surface area contributed by atoms with Gasteiger partial charge in [0.05, 0.1) is 42.3 Å². The predicted octanol–water partition coefficient (Wildman–Crippen LogP) is 0.152. The second-order valence-electron chi connectivity index (χ2n) is 5.63. The largest absolute Gasteiger partial charge is 0.469 e. The summed E-state index contributed by atoms with van der Waals surface area (Å²) >= 11 is 0. The maximum atomic E-state index is 12.3. The molecule has 8 nitrogen and oxygen atoms in total. The van der Waals surface area contributed by atoms with Gasteiger partial charge in [0.25, 0.3) is 5.91 Å². The Morgan fingerprint density at radius 2 is 2.09 bits per heavy atom. The van der Waals surface area contributed by atoms with Gasteiger partial charge in [-0.1, -0.05) is 0 Å². The lowest BCUT2D eigenvalue weighted by Gasteiger charge is -2.11. The van der Waals surface area contributed by atoms with E-state index in [0.717, 1.165) is 0 Å². The van der Waals surface area contributed by atoms with Crippen molar-refractivity contribution in [3.05, 3.63) is 17.0 Å². The van der Waals surface area contributed by atoms with Gasteiger partial charge in [0.1, 0.15) is 0 Å². The number of methoxy groups -OCH3 is 1. The third kappa shape index (κ3) is 3.90. The number of sulfone groups is 1. The molecule has 1 fully saturated rings. The van der Waals surface area contributed by atoms with Gasteiger partial charge in [-0.25, -0.2) is 8.42 Å². The number of aromatic nitrogens is 2. The van der Waals surface area contributed by atoms with E-state index in [2.05, 4.69) is 15.2 Å². The Morgan fingerprint density at radius 3 is 2.65 bits per heavy atom. The van der Waals surface area contributed by atoms with E-state index in [1.807, 2.05) is 0 Å². The maximum Gasteiger partial charge on any atom is 0.307 e. The number of carbonyl (C=O) groups excluding carboxylic acids is 2. The molecule has 0 saturated carbocycles. The minimum atomic E-state index is -3.02. The summed E-state index contributed by atoms with van der Waals surface area (Å²) in [4.78, 5) is 23.3. The van der Waals surface area contributed by atoms with E-state index in [-0.39, 0.29) is 36.4 Å². The number of amides is 1. The monoisotopic (exact) mass is 343 g/mol. The lowest BCUT2D eigenvalue weighted by Crippen LogP contribution is -2.27. The van der Waals surface area contributed by atoms with Gasteiger partial charge in [-0.15, -0.1) is 0 Å². The van der Waals surface area contributed by atoms with Crippen LogP contribution in [0.25, 0.3) is 0 Å². The van der Waals surface area contributed by atoms with Crippen LogP contribution in [0, 0.1) is 13.8 Å². The highest BCUT2D eigenvalue weighted by molar-refractivity contribution is 7.91. The fourth-order valence-electron chi connectivity index (χ4n) is 2.78. The summed E-state index contributed by atoms with van der Waals surface area (Å²) < 4.78 is 29.4. The minimum absolute atomic E-state index is 0.0539. The number of nitrogens with one attached hydrogen (secondary N) is 1. The third-order valence-electron chi connectivity index (χ3n) is 3.95. The second-order valence-corrected chi connectivity index (χ2v) is 7.86. The smallest absolute Gasteiger partial charge is 0.307 e. The summed E-state index contributed by atoms with van der Waals surface area (Å²) in [5.74, 6) is -0.517. The van der Waals surface area contributed by atoms with Crippen LogP contribution in [0.5, 0.6) is 0 Å². The summed E-state index contributed by atoms with van der Waals surface area (Å²) in [6.45, 7) is 3.63. The van der Waals surface area contributed by atoms with Gasteiger partial charge in [0.15, 0.2) is 9.84 Å². The Bertz CT molecular complexity index is 723. The highest BCUT2D eigenvalue weighted by Gasteiger charge is 2.32. The zero-order chi connectivity index (χ0) is 17.2. The van der Waals surface area contributed by atoms with Crippen LogP contribution in [0.1, 0.15) is 40.6 Å². The van der Waals surface area contributed by atoms with Crippen molar-refractivity contribution in [3.8, 4) is 0 Å². The summed E-state index contributed by atoms with van der Waals surface area (Å²) in [5, 5.41) is 6.99. The molecule has 1 aliphatic rings. The Morgan fingerprint density at radius 1 is 1.39 bits per heavy atom. The molecule has 1 atom stereocenters. The Kier molecular flexibility index (Phi) is 5.08. The van der Waals surface area contributed by atoms with Gasteiger partial charge in [-0.05, 0) is 20.3 Å². The zero-order valence-electron chi connectivity index (χ0n) is 13.5. The molecule has 0 aromatic carbocycles. The molecule has 1 aliphatic heterocycles. The summed E-state index contributed by atoms with van der Waals surface area (Å²) in [5.41, 5.74) is 1.61. The first-order chi connectivity index (χ1) is 10.7. The summed E-state index contributed by atoms with van der Waals surface area (Å²) in [6.07, 6.45) is 0.600. The van der Waals surface area contributed by atoms with Crippen molar-refractivity contribution in [2.24, 2.45) is 0 Å². The lowest BCUT2D eigenvalue weighted by molar-refractivity contribution is -0.140. The Hall–Kier alpha value is -1.90. The number of aryl methyl sites for hydroxylation is 1. The standard InChI is InChI=1S/C14H21N3O5S/c1-9-13(14(19)15-6-4-12(18)22-3)10(2)17(16-9)11-5-7-23(20,21)8-11/h11H,4-8H2,1-3H3,(H,15,19). The molecule has 1 saturated heterocycles. The van der Waals surface area contributed by atoms with Gasteiger partial charge in [0, 0.05) is 12.2 Å². The van der Waals surface area contributed by atoms with E-state index in [9.17, 15) is 18.0 Å². The molecule has 1 unspecified atom stereocenters. The van der Waals surface area contributed by atoms with Crippen molar-refractivity contribution >= 4 is 21.7 Å². The van der Waals surface area contributed by atoms with Gasteiger partial charge < -0.3 is 10.1 Å². The molecule has 0 aliphatic carbocycles. The average Bonchev–Trinajstić information content (AvgIpc) is 2.98. The van der Waals surface area contributed by atoms with E-state index < -0.39 is 15.8 Å². The van der Waals surface area contributed by atoms with E-state index in [0.29, 0.717) is 23.4 Å². The van der Waals surface area contributed by atoms with E-state index in [1.165, 1.54) is 7.11 Å². The van der Waals surface area contributed by atoms with Crippen molar-refractivity contribution in [2.75, 3.05) is 25.2 Å². The van der Waals surface area contributed by atoms with Crippen LogP contribution in [0.4, 0.5) is 0 Å². The second kappa shape index (κ2) is 6.69. The molecule has 1 aromatic rings. The average molecular weight is 343 g/mol. The molecular formula is C14H21N3O5S. The Labute approximate surface area is 135 Å². The molecule has 2 rings (SSSR count). The quantitative estimate of drug-likeness (QED) is 0.763. The molecule has 0 bridgehead atoms. The van der Waals surface area contributed by atoms with Crippen LogP contribution in [-0.2, 0) is 19.4 Å². The Balaban J connectivity index is 2.11. The zero-order valence-corrected chi connectivity index (χ0v) is 14.3. The first-order valence-electron chi connectivity index (χ1n) is 7.36. The molecule has 0 radical (unpaired) electrons. The molecule has 1 aromatic heterocycles. The number of hydrogen-bond acceptors (Lipinski definition) is 6. The van der Waals surface area contributed by atoms with Gasteiger partial charge in [-0.2, -0.15) is 5.10 Å². The summed E-state index contributed by atoms with van der Waals surface area (Å²) in [7, 11) is -1.73. The molecule has 23 heavy (non-hydrogen) atoms. The molecule has 1 amide bonds. The first-order valence-corrected chi connectivity index (χ1v) is 9.18. The predicted molar refractivity (Wildman–Crippen MR) is 83.0 cm³/mol. The molecule has 9 heteroatoms. The maximum absolute atomic E-state index is 12.3. The molecule has 2 heterocycles. The summed E-state index contributed by atoms with van der Waals surface area (Å²) in [6, 6.07) is -0.227. The number of carbonyl (C=O) groups is 2. The van der Waals surface area contributed by atoms with Gasteiger partial charge in [-0.3, -0.25) is 14.3 Å². The number of nitrogens with zero attached hydrogens (tertiary/aromatic N) is 2. The van der Waals surface area contributed by atoms with Crippen LogP contribution in [0.3, 0.4) is 0 Å².